The molecule has 0 aromatic heterocycles. The molecule has 0 saturated carbocycles. The van der Waals surface area contributed by atoms with Gasteiger partial charge in [-0.25, -0.2) is 8.42 Å². The van der Waals surface area contributed by atoms with E-state index >= 15 is 0 Å². The highest BCUT2D eigenvalue weighted by molar-refractivity contribution is 7.87. The van der Waals surface area contributed by atoms with Crippen LogP contribution in [0, 0.1) is 3.57 Å². The van der Waals surface area contributed by atoms with Crippen LogP contribution in [0.5, 0.6) is 0 Å². The van der Waals surface area contributed by atoms with Crippen LogP contribution in [0.4, 0.5) is 26.3 Å². The van der Waals surface area contributed by atoms with E-state index in [4.69, 9.17) is 13.0 Å². The van der Waals surface area contributed by atoms with Gasteiger partial charge in [-0.3, -0.25) is 0 Å². The number of hydrogen-bond acceptors (Lipinski definition) is 6. The number of benzene rings is 1. The Bertz CT molecular complexity index is 770. The van der Waals surface area contributed by atoms with E-state index in [0.29, 0.717) is 6.26 Å². The molecule has 6 nitrogen and oxygen atoms in total. The smallest absolute Gasteiger partial charge is 0.534 e. The third-order valence-electron chi connectivity index (χ3n) is 1.72. The molecule has 1 aromatic carbocycles. The minimum Gasteiger partial charge on any atom is -0.741 e. The molecule has 0 aliphatic carbocycles. The van der Waals surface area contributed by atoms with E-state index in [2.05, 4.69) is 4.18 Å². The molecule has 0 aliphatic rings. The summed E-state index contributed by atoms with van der Waals surface area (Å²) >= 11 is -0.702. The van der Waals surface area contributed by atoms with Gasteiger partial charge >= 0.3 is 42.3 Å². The summed E-state index contributed by atoms with van der Waals surface area (Å²) in [6.07, 6.45) is 0.573. The summed E-state index contributed by atoms with van der Waals surface area (Å²) in [4.78, 5) is 0. The van der Waals surface area contributed by atoms with Crippen LogP contribution in [0.15, 0.2) is 40.7 Å². The standard InChI is InChI=1S/C9H7F3IO3S.CHF3O3S/c10-9(11,12)17(14,15)16-7-6-13-8-4-2-1-3-5-8;2-1(3,4)8(5,6)7/h1-7H;(H,5,6,7)/q+1;/p-1/b7-6+;. The lowest BCUT2D eigenvalue weighted by Crippen LogP contribution is -3.59. The first-order chi connectivity index (χ1) is 11.1. The Hall–Kier alpha value is -1.07. The van der Waals surface area contributed by atoms with Gasteiger partial charge in [-0.05, 0) is 12.1 Å². The Labute approximate surface area is 148 Å². The average Bonchev–Trinajstić information content (AvgIpc) is 2.42. The van der Waals surface area contributed by atoms with Crippen LogP contribution < -0.4 is 21.2 Å². The Morgan fingerprint density at radius 3 is 1.72 bits per heavy atom. The van der Waals surface area contributed by atoms with E-state index in [-0.39, 0.29) is 0 Å². The first kappa shape index (κ1) is 23.9. The summed E-state index contributed by atoms with van der Waals surface area (Å²) in [6, 6.07) is 8.99. The van der Waals surface area contributed by atoms with Crippen molar-refractivity contribution in [3.05, 3.63) is 44.2 Å². The SMILES string of the molecule is O=S(=O)(O/C=C/[I+]c1ccccc1)C(F)(F)F.O=S(=O)([O-])C(F)(F)F. The number of rotatable bonds is 4. The van der Waals surface area contributed by atoms with Crippen molar-refractivity contribution in [3.63, 3.8) is 0 Å². The maximum Gasteiger partial charge on any atom is 0.534 e. The van der Waals surface area contributed by atoms with Crippen LogP contribution in [-0.4, -0.2) is 32.4 Å². The fraction of sp³-hybridized carbons (Fsp3) is 0.200. The summed E-state index contributed by atoms with van der Waals surface area (Å²) in [5, 5.41) is 0. The fourth-order valence-corrected chi connectivity index (χ4v) is 2.78. The predicted molar refractivity (Wildman–Crippen MR) is 66.1 cm³/mol. The highest BCUT2D eigenvalue weighted by atomic mass is 127. The Balaban J connectivity index is 0.000000609. The molecule has 0 bridgehead atoms. The minimum absolute atomic E-state index is 0.573. The second-order valence-corrected chi connectivity index (χ2v) is 9.09. The quantitative estimate of drug-likeness (QED) is 0.129. The molecular weight excluding hydrogens is 521 g/mol. The summed E-state index contributed by atoms with van der Waals surface area (Å²) in [7, 11) is -11.6. The van der Waals surface area contributed by atoms with E-state index in [0.717, 1.165) is 3.57 Å². The van der Waals surface area contributed by atoms with Crippen molar-refractivity contribution in [3.8, 4) is 0 Å². The van der Waals surface area contributed by atoms with Gasteiger partial charge in [-0.1, -0.05) is 18.2 Å². The molecule has 0 radical (unpaired) electrons. The Morgan fingerprint density at radius 2 is 1.36 bits per heavy atom. The van der Waals surface area contributed by atoms with E-state index in [1.807, 2.05) is 6.07 Å². The maximum absolute atomic E-state index is 11.8. The monoisotopic (exact) mass is 528 g/mol. The van der Waals surface area contributed by atoms with E-state index in [1.165, 1.54) is 4.08 Å². The number of alkyl halides is 6. The molecule has 0 N–H and O–H groups in total. The molecule has 0 saturated heterocycles. The fourth-order valence-electron chi connectivity index (χ4n) is 0.735. The molecule has 0 amide bonds. The zero-order valence-electron chi connectivity index (χ0n) is 11.5. The number of halogens is 7. The summed E-state index contributed by atoms with van der Waals surface area (Å²) < 4.78 is 121. The molecule has 0 fully saturated rings. The lowest BCUT2D eigenvalue weighted by Gasteiger charge is -2.08. The van der Waals surface area contributed by atoms with Gasteiger partial charge in [-0.15, -0.1) is 0 Å². The van der Waals surface area contributed by atoms with Crippen LogP contribution in [0.1, 0.15) is 0 Å². The van der Waals surface area contributed by atoms with Crippen molar-refractivity contribution in [2.75, 3.05) is 0 Å². The largest absolute Gasteiger partial charge is 0.741 e. The van der Waals surface area contributed by atoms with E-state index in [9.17, 15) is 34.8 Å². The maximum atomic E-state index is 11.8. The molecule has 0 aliphatic heterocycles. The molecule has 1 rings (SSSR count). The molecule has 25 heavy (non-hydrogen) atoms. The van der Waals surface area contributed by atoms with Crippen molar-refractivity contribution < 1.29 is 73.1 Å². The topological polar surface area (TPSA) is 101 Å². The summed E-state index contributed by atoms with van der Waals surface area (Å²) in [5.74, 6) is 0. The molecule has 0 unspecified atom stereocenters. The van der Waals surface area contributed by atoms with Gasteiger partial charge in [0.1, 0.15) is 0 Å². The highest BCUT2D eigenvalue weighted by Crippen LogP contribution is 2.24. The van der Waals surface area contributed by atoms with E-state index < -0.39 is 52.5 Å². The molecule has 1 aromatic rings. The molecule has 0 spiro atoms. The third kappa shape index (κ3) is 9.26. The highest BCUT2D eigenvalue weighted by Gasteiger charge is 2.48. The average molecular weight is 528 g/mol. The van der Waals surface area contributed by atoms with Gasteiger partial charge in [0.2, 0.25) is 0 Å². The first-order valence-electron chi connectivity index (χ1n) is 5.43. The van der Waals surface area contributed by atoms with Crippen LogP contribution in [0.3, 0.4) is 0 Å². The molecule has 144 valence electrons. The summed E-state index contributed by atoms with van der Waals surface area (Å²) in [6.45, 7) is 0. The Morgan fingerprint density at radius 1 is 0.920 bits per heavy atom. The van der Waals surface area contributed by atoms with Crippen LogP contribution in [-0.2, 0) is 24.4 Å². The zero-order valence-corrected chi connectivity index (χ0v) is 15.2. The van der Waals surface area contributed by atoms with Crippen molar-refractivity contribution in [1.82, 2.24) is 0 Å². The predicted octanol–water partition coefficient (Wildman–Crippen LogP) is -0.666. The second kappa shape index (κ2) is 9.04. The van der Waals surface area contributed by atoms with Crippen molar-refractivity contribution in [2.24, 2.45) is 0 Å². The number of hydrogen-bond donors (Lipinski definition) is 0. The summed E-state index contributed by atoms with van der Waals surface area (Å²) in [5.41, 5.74) is -11.0. The molecule has 0 atom stereocenters. The Kier molecular flexibility index (Phi) is 8.65. The van der Waals surface area contributed by atoms with Gasteiger partial charge < -0.3 is 8.74 Å². The van der Waals surface area contributed by atoms with Crippen molar-refractivity contribution >= 4 is 20.2 Å². The van der Waals surface area contributed by atoms with Gasteiger partial charge in [0.25, 0.3) is 0 Å². The van der Waals surface area contributed by atoms with Crippen LogP contribution >= 0.6 is 0 Å². The van der Waals surface area contributed by atoms with Gasteiger partial charge in [0.15, 0.2) is 24.0 Å². The first-order valence-corrected chi connectivity index (χ1v) is 10.6. The van der Waals surface area contributed by atoms with E-state index in [1.54, 1.807) is 24.3 Å². The van der Waals surface area contributed by atoms with Gasteiger partial charge in [-0.2, -0.15) is 34.8 Å². The molecule has 15 heteroatoms. The lowest BCUT2D eigenvalue weighted by atomic mass is 10.4. The van der Waals surface area contributed by atoms with Crippen LogP contribution in [0.25, 0.3) is 0 Å². The third-order valence-corrected chi connectivity index (χ3v) is 5.31. The van der Waals surface area contributed by atoms with Crippen molar-refractivity contribution in [2.45, 2.75) is 11.0 Å². The molecule has 0 heterocycles. The minimum atomic E-state index is -6.09. The van der Waals surface area contributed by atoms with Crippen LogP contribution in [0.2, 0.25) is 0 Å². The van der Waals surface area contributed by atoms with Gasteiger partial charge in [0, 0.05) is 0 Å². The van der Waals surface area contributed by atoms with Crippen molar-refractivity contribution in [1.29, 1.82) is 0 Å². The normalized spacial score (nSPS) is 13.2. The zero-order chi connectivity index (χ0) is 19.9. The molecular formula is C10H7F6IO6S2. The lowest BCUT2D eigenvalue weighted by molar-refractivity contribution is -0.557. The second-order valence-electron chi connectivity index (χ2n) is 3.56. The van der Waals surface area contributed by atoms with Gasteiger partial charge in [0.05, 0.1) is 0 Å².